The van der Waals surface area contributed by atoms with E-state index < -0.39 is 0 Å². The van der Waals surface area contributed by atoms with Crippen LogP contribution in [-0.2, 0) is 11.3 Å². The van der Waals surface area contributed by atoms with E-state index in [0.717, 1.165) is 19.4 Å². The molecule has 0 aromatic heterocycles. The Morgan fingerprint density at radius 1 is 0.955 bits per heavy atom. The monoisotopic (exact) mass is 293 g/mol. The molecule has 0 fully saturated rings. The van der Waals surface area contributed by atoms with Crippen molar-refractivity contribution in [2.45, 2.75) is 31.5 Å². The van der Waals surface area contributed by atoms with Gasteiger partial charge in [0.1, 0.15) is 0 Å². The predicted molar refractivity (Wildman–Crippen MR) is 90.6 cm³/mol. The van der Waals surface area contributed by atoms with Crippen LogP contribution in [0.4, 0.5) is 0 Å². The molecule has 3 rings (SSSR count). The molecule has 1 aliphatic rings. The zero-order valence-corrected chi connectivity index (χ0v) is 12.8. The van der Waals surface area contributed by atoms with Crippen molar-refractivity contribution < 1.29 is 4.74 Å². The van der Waals surface area contributed by atoms with E-state index in [-0.39, 0.29) is 0 Å². The summed E-state index contributed by atoms with van der Waals surface area (Å²) in [4.78, 5) is 0. The Balaban J connectivity index is 1.43. The molecule has 1 heterocycles. The normalized spacial score (nSPS) is 20.9. The number of rotatable bonds is 6. The summed E-state index contributed by atoms with van der Waals surface area (Å²) in [5.74, 6) is 0. The third kappa shape index (κ3) is 4.30. The summed E-state index contributed by atoms with van der Waals surface area (Å²) < 4.78 is 5.80. The van der Waals surface area contributed by atoms with Crippen LogP contribution in [0.1, 0.15) is 30.0 Å². The topological polar surface area (TPSA) is 21.3 Å². The first kappa shape index (κ1) is 15.0. The molecule has 0 unspecified atom stereocenters. The van der Waals surface area contributed by atoms with Crippen molar-refractivity contribution in [1.29, 1.82) is 0 Å². The van der Waals surface area contributed by atoms with Crippen LogP contribution in [0.3, 0.4) is 0 Å². The van der Waals surface area contributed by atoms with Crippen LogP contribution in [0, 0.1) is 0 Å². The third-order valence-electron chi connectivity index (χ3n) is 4.05. The van der Waals surface area contributed by atoms with E-state index in [4.69, 9.17) is 4.74 Å². The largest absolute Gasteiger partial charge is 0.377 e. The minimum absolute atomic E-state index is 0.328. The number of benzene rings is 2. The number of hydrogen-bond acceptors (Lipinski definition) is 2. The van der Waals surface area contributed by atoms with E-state index >= 15 is 0 Å². The fourth-order valence-electron chi connectivity index (χ4n) is 2.82. The van der Waals surface area contributed by atoms with E-state index in [9.17, 15) is 0 Å². The van der Waals surface area contributed by atoms with Crippen molar-refractivity contribution in [3.63, 3.8) is 0 Å². The van der Waals surface area contributed by atoms with Gasteiger partial charge in [-0.2, -0.15) is 0 Å². The summed E-state index contributed by atoms with van der Waals surface area (Å²) in [6.45, 7) is 1.49. The van der Waals surface area contributed by atoms with Crippen molar-refractivity contribution in [1.82, 2.24) is 5.32 Å². The molecule has 0 aliphatic carbocycles. The number of nitrogens with one attached hydrogen (secondary N) is 1. The van der Waals surface area contributed by atoms with Crippen molar-refractivity contribution in [2.75, 3.05) is 6.61 Å². The van der Waals surface area contributed by atoms with E-state index in [1.165, 1.54) is 11.1 Å². The van der Waals surface area contributed by atoms with Crippen LogP contribution in [0.2, 0.25) is 0 Å². The summed E-state index contributed by atoms with van der Waals surface area (Å²) in [7, 11) is 0. The van der Waals surface area contributed by atoms with Gasteiger partial charge >= 0.3 is 0 Å². The first-order valence-corrected chi connectivity index (χ1v) is 8.01. The average Bonchev–Trinajstić information content (AvgIpc) is 2.61. The molecule has 0 amide bonds. The lowest BCUT2D eigenvalue weighted by Gasteiger charge is -2.27. The van der Waals surface area contributed by atoms with Gasteiger partial charge in [-0.15, -0.1) is 0 Å². The molecule has 0 radical (unpaired) electrons. The fourth-order valence-corrected chi connectivity index (χ4v) is 2.82. The van der Waals surface area contributed by atoms with E-state index in [0.29, 0.717) is 18.7 Å². The molecule has 2 heteroatoms. The summed E-state index contributed by atoms with van der Waals surface area (Å²) in [5.41, 5.74) is 2.56. The van der Waals surface area contributed by atoms with Crippen LogP contribution in [-0.4, -0.2) is 12.6 Å². The Morgan fingerprint density at radius 2 is 1.68 bits per heavy atom. The van der Waals surface area contributed by atoms with Crippen molar-refractivity contribution in [3.8, 4) is 0 Å². The first-order chi connectivity index (χ1) is 10.9. The Kier molecular flexibility index (Phi) is 5.41. The van der Waals surface area contributed by atoms with Gasteiger partial charge in [0, 0.05) is 12.6 Å². The van der Waals surface area contributed by atoms with Crippen molar-refractivity contribution in [3.05, 3.63) is 83.9 Å². The average molecular weight is 293 g/mol. The minimum atomic E-state index is 0.328. The number of ether oxygens (including phenoxy) is 1. The molecule has 22 heavy (non-hydrogen) atoms. The van der Waals surface area contributed by atoms with Gasteiger partial charge in [-0.3, -0.25) is 0 Å². The van der Waals surface area contributed by atoms with E-state index in [1.54, 1.807) is 0 Å². The molecule has 2 aromatic carbocycles. The molecule has 0 spiro atoms. The highest BCUT2D eigenvalue weighted by molar-refractivity contribution is 5.24. The summed E-state index contributed by atoms with van der Waals surface area (Å²) in [5, 5.41) is 3.70. The SMILES string of the molecule is C1=C[C@H](c2ccccc2)N[C@@H](CCOCc2ccccc2)C1. The molecule has 2 nitrogen and oxygen atoms in total. The highest BCUT2D eigenvalue weighted by atomic mass is 16.5. The van der Waals surface area contributed by atoms with Crippen molar-refractivity contribution >= 4 is 0 Å². The smallest absolute Gasteiger partial charge is 0.0716 e. The van der Waals surface area contributed by atoms with Gasteiger partial charge in [0.25, 0.3) is 0 Å². The zero-order valence-electron chi connectivity index (χ0n) is 12.8. The second-order valence-corrected chi connectivity index (χ2v) is 5.74. The Bertz CT molecular complexity index is 579. The molecule has 0 saturated carbocycles. The third-order valence-corrected chi connectivity index (χ3v) is 4.05. The maximum atomic E-state index is 5.80. The van der Waals surface area contributed by atoms with Gasteiger partial charge < -0.3 is 10.1 Å². The maximum Gasteiger partial charge on any atom is 0.0716 e. The van der Waals surface area contributed by atoms with Crippen LogP contribution >= 0.6 is 0 Å². The second-order valence-electron chi connectivity index (χ2n) is 5.74. The lowest BCUT2D eigenvalue weighted by molar-refractivity contribution is 0.110. The fraction of sp³-hybridized carbons (Fsp3) is 0.300. The van der Waals surface area contributed by atoms with Gasteiger partial charge in [0.2, 0.25) is 0 Å². The van der Waals surface area contributed by atoms with Crippen LogP contribution in [0.15, 0.2) is 72.8 Å². The quantitative estimate of drug-likeness (QED) is 0.635. The molecule has 0 bridgehead atoms. The standard InChI is InChI=1S/C20H23NO/c1-3-8-17(9-4-1)16-22-15-14-19-12-7-13-20(21-19)18-10-5-2-6-11-18/h1-11,13,19-21H,12,14-16H2/t19-,20-/m1/s1. The van der Waals surface area contributed by atoms with Gasteiger partial charge in [-0.25, -0.2) is 0 Å². The summed E-state index contributed by atoms with van der Waals surface area (Å²) in [6.07, 6.45) is 6.67. The highest BCUT2D eigenvalue weighted by Crippen LogP contribution is 2.21. The van der Waals surface area contributed by atoms with E-state index in [2.05, 4.69) is 72.1 Å². The van der Waals surface area contributed by atoms with Crippen LogP contribution < -0.4 is 5.32 Å². The lowest BCUT2D eigenvalue weighted by Crippen LogP contribution is -2.35. The second kappa shape index (κ2) is 7.92. The molecule has 1 aliphatic heterocycles. The maximum absolute atomic E-state index is 5.80. The molecule has 1 N–H and O–H groups in total. The minimum Gasteiger partial charge on any atom is -0.377 e. The predicted octanol–water partition coefficient (Wildman–Crippen LogP) is 4.25. The summed E-state index contributed by atoms with van der Waals surface area (Å²) >= 11 is 0. The Hall–Kier alpha value is -1.90. The van der Waals surface area contributed by atoms with Crippen molar-refractivity contribution in [2.24, 2.45) is 0 Å². The van der Waals surface area contributed by atoms with Crippen LogP contribution in [0.25, 0.3) is 0 Å². The van der Waals surface area contributed by atoms with Gasteiger partial charge in [-0.1, -0.05) is 72.8 Å². The van der Waals surface area contributed by atoms with Gasteiger partial charge in [0.05, 0.1) is 12.6 Å². The molecule has 2 atom stereocenters. The number of hydrogen-bond donors (Lipinski definition) is 1. The Morgan fingerprint density at radius 3 is 2.45 bits per heavy atom. The molecule has 0 saturated heterocycles. The van der Waals surface area contributed by atoms with Gasteiger partial charge in [0.15, 0.2) is 0 Å². The Labute approximate surface area is 132 Å². The highest BCUT2D eigenvalue weighted by Gasteiger charge is 2.17. The molecule has 114 valence electrons. The zero-order chi connectivity index (χ0) is 15.0. The van der Waals surface area contributed by atoms with E-state index in [1.807, 2.05) is 6.07 Å². The van der Waals surface area contributed by atoms with Gasteiger partial charge in [-0.05, 0) is 24.0 Å². The molecular weight excluding hydrogens is 270 g/mol. The molecule has 2 aromatic rings. The molecular formula is C20H23NO. The first-order valence-electron chi connectivity index (χ1n) is 8.01. The summed E-state index contributed by atoms with van der Waals surface area (Å²) in [6, 6.07) is 21.8. The lowest BCUT2D eigenvalue weighted by atomic mass is 9.98. The van der Waals surface area contributed by atoms with Crippen LogP contribution in [0.5, 0.6) is 0 Å².